The number of thiol groups is 2. The first kappa shape index (κ1) is 18.0. The molecule has 0 radical (unpaired) electrons. The molecule has 0 amide bonds. The Bertz CT molecular complexity index is 125. The second-order valence-corrected chi connectivity index (χ2v) is 9.27. The molecular weight excluding hydrogens is 286 g/mol. The van der Waals surface area contributed by atoms with Crippen molar-refractivity contribution in [3.63, 3.8) is 0 Å². The van der Waals surface area contributed by atoms with Gasteiger partial charge in [0.1, 0.15) is 0 Å². The van der Waals surface area contributed by atoms with Gasteiger partial charge in [0.25, 0.3) is 0 Å². The minimum atomic E-state index is -0.531. The van der Waals surface area contributed by atoms with E-state index in [2.05, 4.69) is 21.2 Å². The van der Waals surface area contributed by atoms with E-state index in [9.17, 15) is 4.79 Å². The molecular formula is C9H20O3S2Zn. The van der Waals surface area contributed by atoms with Gasteiger partial charge in [-0.25, -0.2) is 4.79 Å². The zero-order valence-corrected chi connectivity index (χ0v) is 14.3. The molecule has 0 saturated carbocycles. The summed E-state index contributed by atoms with van der Waals surface area (Å²) in [6, 6.07) is 0. The fraction of sp³-hybridized carbons (Fsp3) is 0.889. The predicted molar refractivity (Wildman–Crippen MR) is 65.1 cm³/mol. The van der Waals surface area contributed by atoms with Crippen LogP contribution < -0.4 is 0 Å². The standard InChI is InChI=1S/C9H18O3.2H2S.Zn/c1-3-5-7-11-9(10)12-8-6-4-2;;;/h3-8H2,1-2H3;2*1H2;/q;;;+2/p-2. The summed E-state index contributed by atoms with van der Waals surface area (Å²) in [6.45, 7) is 5.04. The summed E-state index contributed by atoms with van der Waals surface area (Å²) in [5.74, 6) is 0. The number of carbonyl (C=O) groups is 1. The SMILES string of the molecule is CCCCOC(=O)OCCCC.[SH][Zn][SH]. The van der Waals surface area contributed by atoms with E-state index in [0.717, 1.165) is 25.7 Å². The maximum absolute atomic E-state index is 10.7. The van der Waals surface area contributed by atoms with E-state index >= 15 is 0 Å². The summed E-state index contributed by atoms with van der Waals surface area (Å²) in [4.78, 5) is 10.7. The van der Waals surface area contributed by atoms with Gasteiger partial charge >= 0.3 is 42.1 Å². The fourth-order valence-electron chi connectivity index (χ4n) is 0.641. The van der Waals surface area contributed by atoms with E-state index in [4.69, 9.17) is 9.47 Å². The fourth-order valence-corrected chi connectivity index (χ4v) is 0.641. The minimum absolute atomic E-state index is 0.474. The van der Waals surface area contributed by atoms with E-state index in [-0.39, 0.29) is 0 Å². The molecule has 15 heavy (non-hydrogen) atoms. The van der Waals surface area contributed by atoms with Crippen LogP contribution in [0.2, 0.25) is 0 Å². The summed E-state index contributed by atoms with van der Waals surface area (Å²) in [7, 11) is 7.68. The molecule has 0 N–H and O–H groups in total. The Morgan fingerprint density at radius 1 is 1.07 bits per heavy atom. The monoisotopic (exact) mass is 304 g/mol. The molecule has 0 bridgehead atoms. The maximum atomic E-state index is 10.7. The van der Waals surface area contributed by atoms with Crippen LogP contribution in [0.5, 0.6) is 0 Å². The number of ether oxygens (including phenoxy) is 2. The summed E-state index contributed by atoms with van der Waals surface area (Å²) in [6.07, 6.45) is 3.34. The van der Waals surface area contributed by atoms with E-state index in [1.54, 1.807) is 0 Å². The van der Waals surface area contributed by atoms with Crippen LogP contribution in [0.25, 0.3) is 0 Å². The zero-order chi connectivity index (χ0) is 11.9. The molecule has 0 spiro atoms. The first-order chi connectivity index (χ1) is 7.22. The molecule has 0 unspecified atom stereocenters. The average molecular weight is 306 g/mol. The predicted octanol–water partition coefficient (Wildman–Crippen LogP) is 3.50. The second kappa shape index (κ2) is 17.0. The van der Waals surface area contributed by atoms with Crippen LogP contribution >= 0.6 is 21.2 Å². The van der Waals surface area contributed by atoms with Crippen molar-refractivity contribution in [1.29, 1.82) is 0 Å². The van der Waals surface area contributed by atoms with Crippen molar-refractivity contribution in [2.75, 3.05) is 13.2 Å². The quantitative estimate of drug-likeness (QED) is 0.341. The van der Waals surface area contributed by atoms with Gasteiger partial charge in [-0.15, -0.1) is 0 Å². The topological polar surface area (TPSA) is 35.5 Å². The van der Waals surface area contributed by atoms with Gasteiger partial charge in [0.05, 0.1) is 13.2 Å². The van der Waals surface area contributed by atoms with E-state index in [1.165, 1.54) is 0 Å². The Balaban J connectivity index is 0. The molecule has 0 aromatic rings. The molecule has 88 valence electrons. The first-order valence-corrected chi connectivity index (χ1v) is 14.5. The van der Waals surface area contributed by atoms with E-state index in [1.807, 2.05) is 13.8 Å². The molecule has 3 nitrogen and oxygen atoms in total. The van der Waals surface area contributed by atoms with Crippen molar-refractivity contribution in [2.24, 2.45) is 0 Å². The van der Waals surface area contributed by atoms with Crippen molar-refractivity contribution in [2.45, 2.75) is 39.5 Å². The van der Waals surface area contributed by atoms with Crippen molar-refractivity contribution < 1.29 is 29.0 Å². The number of carbonyl (C=O) groups excluding carboxylic acids is 1. The molecule has 0 aliphatic heterocycles. The van der Waals surface area contributed by atoms with E-state index < -0.39 is 20.8 Å². The molecule has 6 heteroatoms. The van der Waals surface area contributed by atoms with Gasteiger partial charge in [-0.3, -0.25) is 0 Å². The summed E-state index contributed by atoms with van der Waals surface area (Å²) < 4.78 is 9.54. The number of hydrogen-bond acceptors (Lipinski definition) is 5. The van der Waals surface area contributed by atoms with E-state index in [0.29, 0.717) is 13.2 Å². The third-order valence-electron chi connectivity index (χ3n) is 1.44. The molecule has 0 aromatic carbocycles. The van der Waals surface area contributed by atoms with Crippen LogP contribution in [-0.4, -0.2) is 19.4 Å². The van der Waals surface area contributed by atoms with Gasteiger partial charge in [0.15, 0.2) is 0 Å². The summed E-state index contributed by atoms with van der Waals surface area (Å²) in [5.41, 5.74) is 0. The average Bonchev–Trinajstić information content (AvgIpc) is 2.20. The Kier molecular flexibility index (Phi) is 20.4. The van der Waals surface area contributed by atoms with Crippen LogP contribution in [0.4, 0.5) is 4.79 Å². The second-order valence-electron chi connectivity index (χ2n) is 2.80. The first-order valence-electron chi connectivity index (χ1n) is 5.24. The number of hydrogen-bond donors (Lipinski definition) is 2. The van der Waals surface area contributed by atoms with Gasteiger partial charge in [0.2, 0.25) is 0 Å². The Morgan fingerprint density at radius 2 is 1.40 bits per heavy atom. The Morgan fingerprint density at radius 3 is 1.67 bits per heavy atom. The molecule has 0 aliphatic carbocycles. The summed E-state index contributed by atoms with van der Waals surface area (Å²) >= 11 is -0.486. The number of unbranched alkanes of at least 4 members (excludes halogenated alkanes) is 2. The van der Waals surface area contributed by atoms with Crippen LogP contribution in [0.15, 0.2) is 0 Å². The summed E-state index contributed by atoms with van der Waals surface area (Å²) in [5, 5.41) is 0. The molecule has 0 atom stereocenters. The Labute approximate surface area is 109 Å². The van der Waals surface area contributed by atoms with Gasteiger partial charge in [-0.1, -0.05) is 26.7 Å². The molecule has 0 aromatic heterocycles. The molecule has 0 saturated heterocycles. The van der Waals surface area contributed by atoms with Crippen LogP contribution in [0, 0.1) is 0 Å². The van der Waals surface area contributed by atoms with Gasteiger partial charge in [0, 0.05) is 0 Å². The molecule has 0 rings (SSSR count). The van der Waals surface area contributed by atoms with Crippen LogP contribution in [-0.2, 0) is 24.2 Å². The number of rotatable bonds is 6. The van der Waals surface area contributed by atoms with Crippen molar-refractivity contribution in [3.05, 3.63) is 0 Å². The third kappa shape index (κ3) is 20.6. The third-order valence-corrected chi connectivity index (χ3v) is 1.44. The Hall–Kier alpha value is 0.593. The van der Waals surface area contributed by atoms with Gasteiger partial charge < -0.3 is 9.47 Å². The van der Waals surface area contributed by atoms with Crippen LogP contribution in [0.3, 0.4) is 0 Å². The van der Waals surface area contributed by atoms with Crippen LogP contribution in [0.1, 0.15) is 39.5 Å². The van der Waals surface area contributed by atoms with Crippen molar-refractivity contribution in [3.8, 4) is 0 Å². The molecule has 0 aliphatic rings. The van der Waals surface area contributed by atoms with Gasteiger partial charge in [-0.05, 0) is 12.8 Å². The van der Waals surface area contributed by atoms with Gasteiger partial charge in [-0.2, -0.15) is 0 Å². The molecule has 0 fully saturated rings. The van der Waals surface area contributed by atoms with Crippen molar-refractivity contribution >= 4 is 27.4 Å². The van der Waals surface area contributed by atoms with Crippen molar-refractivity contribution in [1.82, 2.24) is 0 Å². The normalized spacial score (nSPS) is 8.27. The zero-order valence-electron chi connectivity index (χ0n) is 9.57. The molecule has 0 heterocycles.